The first-order chi connectivity index (χ1) is 12.3. The van der Waals surface area contributed by atoms with E-state index in [1.54, 1.807) is 0 Å². The third-order valence-electron chi connectivity index (χ3n) is 4.67. The van der Waals surface area contributed by atoms with Crippen LogP contribution in [0.5, 0.6) is 0 Å². The predicted octanol–water partition coefficient (Wildman–Crippen LogP) is 0.826. The average Bonchev–Trinajstić information content (AvgIpc) is 2.69. The Kier molecular flexibility index (Phi) is 5.54. The van der Waals surface area contributed by atoms with Gasteiger partial charge in [-0.3, -0.25) is 9.78 Å². The van der Waals surface area contributed by atoms with Crippen LogP contribution in [0.4, 0.5) is 8.78 Å². The molecule has 2 saturated heterocycles. The number of hydrogen-bond donors (Lipinski definition) is 0. The number of alkyl halides is 2. The second-order valence-electron chi connectivity index (χ2n) is 6.36. The Labute approximate surface area is 151 Å². The van der Waals surface area contributed by atoms with Crippen molar-refractivity contribution in [3.63, 3.8) is 0 Å². The normalized spacial score (nSPS) is 23.0. The lowest BCUT2D eigenvalue weighted by molar-refractivity contribution is -0.160. The van der Waals surface area contributed by atoms with Gasteiger partial charge in [-0.05, 0) is 25.0 Å². The molecule has 2 aliphatic rings. The van der Waals surface area contributed by atoms with Gasteiger partial charge in [0.2, 0.25) is 10.0 Å². The van der Waals surface area contributed by atoms with Crippen molar-refractivity contribution < 1.29 is 26.7 Å². The zero-order valence-electron chi connectivity index (χ0n) is 14.2. The van der Waals surface area contributed by atoms with E-state index in [0.29, 0.717) is 26.1 Å². The quantitative estimate of drug-likeness (QED) is 0.762. The van der Waals surface area contributed by atoms with Crippen LogP contribution < -0.4 is 0 Å². The van der Waals surface area contributed by atoms with E-state index in [2.05, 4.69) is 4.98 Å². The fraction of sp³-hybridized carbons (Fsp3) is 0.625. The summed E-state index contributed by atoms with van der Waals surface area (Å²) in [4.78, 5) is 16.9. The maximum absolute atomic E-state index is 14.5. The highest BCUT2D eigenvalue weighted by atomic mass is 32.2. The molecule has 144 valence electrons. The Morgan fingerprint density at radius 1 is 1.23 bits per heavy atom. The first kappa shape index (κ1) is 19.1. The van der Waals surface area contributed by atoms with Gasteiger partial charge < -0.3 is 9.64 Å². The van der Waals surface area contributed by atoms with Crippen molar-refractivity contribution in [3.05, 3.63) is 30.1 Å². The number of nitrogens with zero attached hydrogens (tertiary/aromatic N) is 3. The third-order valence-corrected chi connectivity index (χ3v) is 6.98. The van der Waals surface area contributed by atoms with E-state index >= 15 is 0 Å². The summed E-state index contributed by atoms with van der Waals surface area (Å²) in [6.07, 6.45) is 1.90. The molecule has 0 aromatic carbocycles. The molecule has 3 heterocycles. The first-order valence-electron chi connectivity index (χ1n) is 8.49. The number of aromatic nitrogens is 1. The van der Waals surface area contributed by atoms with Crippen LogP contribution in [0.25, 0.3) is 0 Å². The molecule has 0 aliphatic carbocycles. The summed E-state index contributed by atoms with van der Waals surface area (Å²) in [7, 11) is -3.66. The molecule has 3 rings (SSSR count). The van der Waals surface area contributed by atoms with Crippen LogP contribution in [0, 0.1) is 0 Å². The summed E-state index contributed by atoms with van der Waals surface area (Å²) in [5.74, 6) is -5.19. The lowest BCUT2D eigenvalue weighted by Gasteiger charge is -2.37. The van der Waals surface area contributed by atoms with Gasteiger partial charge >= 0.3 is 5.92 Å². The smallest absolute Gasteiger partial charge is 0.366 e. The molecule has 26 heavy (non-hydrogen) atoms. The minimum atomic E-state index is -3.79. The molecule has 1 amide bonds. The van der Waals surface area contributed by atoms with Crippen molar-refractivity contribution in [2.75, 3.05) is 39.4 Å². The fourth-order valence-electron chi connectivity index (χ4n) is 3.23. The SMILES string of the molecule is O=C(N1CCC[C@H](S(=O)(=O)N2CCOCC2)C1)C(F)(F)c1ccccn1. The molecule has 0 saturated carbocycles. The second kappa shape index (κ2) is 7.53. The Hall–Kier alpha value is -1.65. The van der Waals surface area contributed by atoms with Gasteiger partial charge in [-0.25, -0.2) is 8.42 Å². The topological polar surface area (TPSA) is 79.8 Å². The first-order valence-corrected chi connectivity index (χ1v) is 9.99. The number of carbonyl (C=O) groups is 1. The van der Waals surface area contributed by atoms with Crippen LogP contribution in [0.1, 0.15) is 18.5 Å². The Morgan fingerprint density at radius 2 is 1.96 bits per heavy atom. The van der Waals surface area contributed by atoms with Gasteiger partial charge in [0.05, 0.1) is 18.5 Å². The van der Waals surface area contributed by atoms with Crippen molar-refractivity contribution in [1.82, 2.24) is 14.2 Å². The monoisotopic (exact) mass is 389 g/mol. The van der Waals surface area contributed by atoms with Gasteiger partial charge in [0.25, 0.3) is 5.91 Å². The Morgan fingerprint density at radius 3 is 2.62 bits per heavy atom. The summed E-state index contributed by atoms with van der Waals surface area (Å²) >= 11 is 0. The van der Waals surface area contributed by atoms with Gasteiger partial charge in [-0.15, -0.1) is 0 Å². The summed E-state index contributed by atoms with van der Waals surface area (Å²) in [6, 6.07) is 3.95. The molecule has 0 radical (unpaired) electrons. The van der Waals surface area contributed by atoms with E-state index < -0.39 is 32.8 Å². The Balaban J connectivity index is 1.74. The van der Waals surface area contributed by atoms with Gasteiger partial charge in [0.1, 0.15) is 5.69 Å². The maximum atomic E-state index is 14.5. The average molecular weight is 389 g/mol. The number of carbonyl (C=O) groups excluding carboxylic acids is 1. The molecule has 0 N–H and O–H groups in total. The van der Waals surface area contributed by atoms with Gasteiger partial charge in [0, 0.05) is 32.4 Å². The molecule has 0 unspecified atom stereocenters. The van der Waals surface area contributed by atoms with Crippen molar-refractivity contribution in [3.8, 4) is 0 Å². The van der Waals surface area contributed by atoms with Gasteiger partial charge in [0.15, 0.2) is 0 Å². The number of piperidine rings is 1. The second-order valence-corrected chi connectivity index (χ2v) is 8.57. The van der Waals surface area contributed by atoms with Crippen molar-refractivity contribution in [1.29, 1.82) is 0 Å². The standard InChI is InChI=1S/C16H21F2N3O4S/c17-16(18,14-5-1-2-6-19-14)15(22)20-7-3-4-13(12-20)26(23,24)21-8-10-25-11-9-21/h1-2,5-6,13H,3-4,7-12H2/t13-/m0/s1. The number of rotatable bonds is 4. The van der Waals surface area contributed by atoms with Crippen LogP contribution >= 0.6 is 0 Å². The zero-order valence-corrected chi connectivity index (χ0v) is 15.0. The summed E-state index contributed by atoms with van der Waals surface area (Å²) in [5.41, 5.74) is -0.636. The number of ether oxygens (including phenoxy) is 1. The molecule has 10 heteroatoms. The molecule has 1 atom stereocenters. The minimum absolute atomic E-state index is 0.108. The predicted molar refractivity (Wildman–Crippen MR) is 89.0 cm³/mol. The minimum Gasteiger partial charge on any atom is -0.379 e. The number of pyridine rings is 1. The number of sulfonamides is 1. The van der Waals surface area contributed by atoms with Crippen LogP contribution in [0.15, 0.2) is 24.4 Å². The van der Waals surface area contributed by atoms with Crippen LogP contribution in [0.2, 0.25) is 0 Å². The van der Waals surface area contributed by atoms with E-state index in [1.807, 2.05) is 0 Å². The highest BCUT2D eigenvalue weighted by Crippen LogP contribution is 2.31. The molecular formula is C16H21F2N3O4S. The lowest BCUT2D eigenvalue weighted by Crippen LogP contribution is -2.54. The number of morpholine rings is 1. The van der Waals surface area contributed by atoms with Crippen molar-refractivity contribution in [2.45, 2.75) is 24.0 Å². The molecule has 0 bridgehead atoms. The van der Waals surface area contributed by atoms with E-state index in [1.165, 1.54) is 22.6 Å². The van der Waals surface area contributed by atoms with E-state index in [0.717, 1.165) is 11.0 Å². The molecular weight excluding hydrogens is 368 g/mol. The van der Waals surface area contributed by atoms with Crippen LogP contribution in [-0.4, -0.2) is 73.2 Å². The van der Waals surface area contributed by atoms with Crippen LogP contribution in [0.3, 0.4) is 0 Å². The van der Waals surface area contributed by atoms with E-state index in [-0.39, 0.29) is 26.2 Å². The molecule has 2 aliphatic heterocycles. The largest absolute Gasteiger partial charge is 0.379 e. The van der Waals surface area contributed by atoms with E-state index in [4.69, 9.17) is 4.74 Å². The summed E-state index contributed by atoms with van der Waals surface area (Å²) in [5, 5.41) is -0.877. The molecule has 1 aromatic rings. The van der Waals surface area contributed by atoms with Gasteiger partial charge in [-0.2, -0.15) is 13.1 Å². The highest BCUT2D eigenvalue weighted by molar-refractivity contribution is 7.89. The van der Waals surface area contributed by atoms with Crippen LogP contribution in [-0.2, 0) is 25.5 Å². The number of likely N-dealkylation sites (tertiary alicyclic amines) is 1. The van der Waals surface area contributed by atoms with Crippen molar-refractivity contribution in [2.24, 2.45) is 0 Å². The molecule has 1 aromatic heterocycles. The highest BCUT2D eigenvalue weighted by Gasteiger charge is 2.47. The third kappa shape index (κ3) is 3.72. The van der Waals surface area contributed by atoms with Crippen molar-refractivity contribution >= 4 is 15.9 Å². The maximum Gasteiger partial charge on any atom is 0.366 e. The lowest BCUT2D eigenvalue weighted by atomic mass is 10.1. The summed E-state index contributed by atoms with van der Waals surface area (Å²) in [6.45, 7) is 0.990. The molecule has 0 spiro atoms. The zero-order chi connectivity index (χ0) is 18.8. The van der Waals surface area contributed by atoms with Gasteiger partial charge in [-0.1, -0.05) is 6.07 Å². The number of hydrogen-bond acceptors (Lipinski definition) is 5. The number of amides is 1. The molecule has 2 fully saturated rings. The Bertz CT molecular complexity index is 739. The fourth-order valence-corrected chi connectivity index (χ4v) is 5.15. The summed E-state index contributed by atoms with van der Waals surface area (Å²) < 4.78 is 61.0. The molecule has 7 nitrogen and oxygen atoms in total. The number of halogens is 2. The van der Waals surface area contributed by atoms with E-state index in [9.17, 15) is 22.0 Å².